The van der Waals surface area contributed by atoms with Gasteiger partial charge in [0.25, 0.3) is 5.17 Å². The van der Waals surface area contributed by atoms with Gasteiger partial charge in [-0.25, -0.2) is 4.39 Å². The minimum atomic E-state index is -0.312. The molecule has 1 saturated heterocycles. The lowest BCUT2D eigenvalue weighted by atomic mass is 9.91. The lowest BCUT2D eigenvalue weighted by Crippen LogP contribution is -2.36. The summed E-state index contributed by atoms with van der Waals surface area (Å²) >= 11 is 5.30. The summed E-state index contributed by atoms with van der Waals surface area (Å²) in [7, 11) is 3.18. The van der Waals surface area contributed by atoms with Crippen molar-refractivity contribution in [1.82, 2.24) is 10.1 Å². The van der Waals surface area contributed by atoms with Gasteiger partial charge >= 0.3 is 0 Å². The molecule has 32 heavy (non-hydrogen) atoms. The highest BCUT2D eigenvalue weighted by Crippen LogP contribution is 2.33. The zero-order valence-corrected chi connectivity index (χ0v) is 18.9. The lowest BCUT2D eigenvalue weighted by Gasteiger charge is -2.31. The number of aromatic nitrogens is 1. The Morgan fingerprint density at radius 1 is 1.16 bits per heavy atom. The molecular formula is C23H26FN3O4S. The van der Waals surface area contributed by atoms with E-state index in [1.165, 1.54) is 12.1 Å². The van der Waals surface area contributed by atoms with Crippen LogP contribution >= 0.6 is 12.2 Å². The summed E-state index contributed by atoms with van der Waals surface area (Å²) in [5.74, 6) is 1.27. The van der Waals surface area contributed by atoms with E-state index in [2.05, 4.69) is 15.4 Å². The van der Waals surface area contributed by atoms with Gasteiger partial charge in [-0.1, -0.05) is 5.16 Å². The predicted octanol–water partition coefficient (Wildman–Crippen LogP) is 4.58. The molecule has 1 aliphatic rings. The van der Waals surface area contributed by atoms with Crippen LogP contribution < -0.4 is 14.8 Å². The van der Waals surface area contributed by atoms with Crippen LogP contribution in [0.2, 0.25) is 0 Å². The second-order valence-electron chi connectivity index (χ2n) is 7.65. The van der Waals surface area contributed by atoms with E-state index in [0.717, 1.165) is 49.2 Å². The topological polar surface area (TPSA) is 69.0 Å². The number of hydrogen-bond acceptors (Lipinski definition) is 7. The average molecular weight is 460 g/mol. The Morgan fingerprint density at radius 3 is 2.69 bits per heavy atom. The third-order valence-electron chi connectivity index (χ3n) is 5.71. The zero-order chi connectivity index (χ0) is 22.5. The number of hydrogen-bond donors (Lipinski definition) is 1. The number of halogens is 1. The monoisotopic (exact) mass is 459 g/mol. The fourth-order valence-corrected chi connectivity index (χ4v) is 4.19. The van der Waals surface area contributed by atoms with Crippen LogP contribution in [0.3, 0.4) is 0 Å². The summed E-state index contributed by atoms with van der Waals surface area (Å²) in [6, 6.07) is 10.1. The molecule has 0 amide bonds. The first kappa shape index (κ1) is 22.3. The molecule has 1 N–H and O–H groups in total. The Kier molecular flexibility index (Phi) is 7.06. The van der Waals surface area contributed by atoms with Crippen molar-refractivity contribution in [1.29, 1.82) is 0 Å². The fourth-order valence-electron chi connectivity index (χ4n) is 3.99. The van der Waals surface area contributed by atoms with Gasteiger partial charge in [-0.2, -0.15) is 0 Å². The van der Waals surface area contributed by atoms with Gasteiger partial charge in [0, 0.05) is 35.7 Å². The molecule has 0 aliphatic carbocycles. The van der Waals surface area contributed by atoms with Crippen molar-refractivity contribution < 1.29 is 23.1 Å². The van der Waals surface area contributed by atoms with Crippen molar-refractivity contribution in [2.45, 2.75) is 18.8 Å². The van der Waals surface area contributed by atoms with Crippen LogP contribution in [0.5, 0.6) is 11.5 Å². The average Bonchev–Trinajstić information content (AvgIpc) is 3.22. The number of nitrogens with one attached hydrogen (secondary N) is 1. The number of ether oxygens (including phenoxy) is 3. The molecule has 3 aromatic rings. The Morgan fingerprint density at radius 2 is 1.94 bits per heavy atom. The molecule has 0 saturated carbocycles. The first-order chi connectivity index (χ1) is 15.6. The number of nitrogens with zero attached hydrogens (tertiary/aromatic N) is 2. The van der Waals surface area contributed by atoms with Crippen molar-refractivity contribution in [2.24, 2.45) is 0 Å². The van der Waals surface area contributed by atoms with Crippen LogP contribution in [0.15, 0.2) is 40.9 Å². The molecule has 170 valence electrons. The van der Waals surface area contributed by atoms with Gasteiger partial charge in [-0.05, 0) is 62.4 Å². The molecule has 9 heteroatoms. The standard InChI is InChI=1S/C23H26FN3O4S/c1-28-19-6-4-17(14-21(19)29-2)25-23(32)30-12-11-27-9-7-15(8-10-27)22-18-5-3-16(24)13-20(18)31-26-22/h3-6,13-15H,7-12H2,1-2H3,(H,25,32). The van der Waals surface area contributed by atoms with E-state index < -0.39 is 0 Å². The lowest BCUT2D eigenvalue weighted by molar-refractivity contribution is 0.169. The third-order valence-corrected chi connectivity index (χ3v) is 5.93. The number of fused-ring (bicyclic) bond motifs is 1. The molecule has 2 aromatic carbocycles. The van der Waals surface area contributed by atoms with Crippen LogP contribution in [0, 0.1) is 5.82 Å². The summed E-state index contributed by atoms with van der Waals surface area (Å²) in [5, 5.41) is 8.48. The quantitative estimate of drug-likeness (QED) is 0.515. The summed E-state index contributed by atoms with van der Waals surface area (Å²) in [5.41, 5.74) is 2.20. The Labute approximate surface area is 191 Å². The first-order valence-corrected chi connectivity index (χ1v) is 10.9. The number of likely N-dealkylation sites (tertiary alicyclic amines) is 1. The van der Waals surface area contributed by atoms with E-state index in [0.29, 0.717) is 34.8 Å². The van der Waals surface area contributed by atoms with Crippen molar-refractivity contribution in [3.63, 3.8) is 0 Å². The van der Waals surface area contributed by atoms with Crippen molar-refractivity contribution in [2.75, 3.05) is 45.8 Å². The van der Waals surface area contributed by atoms with E-state index in [1.807, 2.05) is 12.1 Å². The van der Waals surface area contributed by atoms with Gasteiger partial charge in [0.2, 0.25) is 0 Å². The van der Waals surface area contributed by atoms with Crippen molar-refractivity contribution in [3.05, 3.63) is 47.9 Å². The number of rotatable bonds is 7. The smallest absolute Gasteiger partial charge is 0.261 e. The number of piperidine rings is 1. The van der Waals surface area contributed by atoms with Crippen LogP contribution in [-0.4, -0.2) is 55.7 Å². The van der Waals surface area contributed by atoms with E-state index in [9.17, 15) is 4.39 Å². The minimum absolute atomic E-state index is 0.312. The van der Waals surface area contributed by atoms with Gasteiger partial charge in [-0.15, -0.1) is 0 Å². The highest BCUT2D eigenvalue weighted by atomic mass is 32.1. The highest BCUT2D eigenvalue weighted by molar-refractivity contribution is 7.80. The molecule has 0 unspecified atom stereocenters. The highest BCUT2D eigenvalue weighted by Gasteiger charge is 2.25. The van der Waals surface area contributed by atoms with Gasteiger partial charge < -0.3 is 24.1 Å². The van der Waals surface area contributed by atoms with Crippen molar-refractivity contribution in [3.8, 4) is 11.5 Å². The zero-order valence-electron chi connectivity index (χ0n) is 18.1. The third kappa shape index (κ3) is 5.11. The molecule has 1 aliphatic heterocycles. The van der Waals surface area contributed by atoms with Crippen LogP contribution in [0.25, 0.3) is 11.0 Å². The number of benzene rings is 2. The second kappa shape index (κ2) is 10.1. The Bertz CT molecular complexity index is 1080. The normalized spacial score (nSPS) is 15.0. The van der Waals surface area contributed by atoms with Gasteiger partial charge in [0.05, 0.1) is 19.9 Å². The minimum Gasteiger partial charge on any atom is -0.493 e. The molecule has 0 atom stereocenters. The molecule has 2 heterocycles. The number of methoxy groups -OCH3 is 2. The molecule has 0 spiro atoms. The van der Waals surface area contributed by atoms with Crippen molar-refractivity contribution >= 4 is 34.0 Å². The SMILES string of the molecule is COc1ccc(NC(=S)OCCN2CCC(c3noc4cc(F)ccc34)CC2)cc1OC. The molecule has 1 fully saturated rings. The van der Waals surface area contributed by atoms with Crippen LogP contribution in [0.1, 0.15) is 24.5 Å². The van der Waals surface area contributed by atoms with Gasteiger partial charge in [0.1, 0.15) is 12.4 Å². The van der Waals surface area contributed by atoms with E-state index in [1.54, 1.807) is 26.4 Å². The maximum Gasteiger partial charge on any atom is 0.261 e. The molecule has 0 radical (unpaired) electrons. The molecule has 7 nitrogen and oxygen atoms in total. The molecule has 4 rings (SSSR count). The first-order valence-electron chi connectivity index (χ1n) is 10.5. The van der Waals surface area contributed by atoms with E-state index in [4.69, 9.17) is 31.0 Å². The maximum atomic E-state index is 13.4. The molecular weight excluding hydrogens is 433 g/mol. The van der Waals surface area contributed by atoms with Gasteiger partial charge in [0.15, 0.2) is 17.1 Å². The molecule has 0 bridgehead atoms. The maximum absolute atomic E-state index is 13.4. The number of thiocarbonyl (C=S) groups is 1. The van der Waals surface area contributed by atoms with Crippen LogP contribution in [0.4, 0.5) is 10.1 Å². The summed E-state index contributed by atoms with van der Waals surface area (Å²) in [6.07, 6.45) is 1.93. The Balaban J connectivity index is 1.22. The summed E-state index contributed by atoms with van der Waals surface area (Å²) in [6.45, 7) is 3.14. The van der Waals surface area contributed by atoms with E-state index in [-0.39, 0.29) is 5.82 Å². The summed E-state index contributed by atoms with van der Waals surface area (Å²) in [4.78, 5) is 2.34. The Hall–Kier alpha value is -2.91. The van der Waals surface area contributed by atoms with Crippen LogP contribution in [-0.2, 0) is 4.74 Å². The molecule has 1 aromatic heterocycles. The summed E-state index contributed by atoms with van der Waals surface area (Å²) < 4.78 is 34.9. The van der Waals surface area contributed by atoms with E-state index >= 15 is 0 Å². The second-order valence-corrected chi connectivity index (χ2v) is 8.03. The fraction of sp³-hybridized carbons (Fsp3) is 0.391. The largest absolute Gasteiger partial charge is 0.493 e. The number of anilines is 1. The van der Waals surface area contributed by atoms with Gasteiger partial charge in [-0.3, -0.25) is 4.90 Å². The predicted molar refractivity (Wildman–Crippen MR) is 124 cm³/mol.